The van der Waals surface area contributed by atoms with Crippen molar-refractivity contribution in [1.82, 2.24) is 4.90 Å². The molecule has 8 nitrogen and oxygen atoms in total. The van der Waals surface area contributed by atoms with E-state index in [1.165, 1.54) is 12.1 Å². The predicted octanol–water partition coefficient (Wildman–Crippen LogP) is 1.37. The van der Waals surface area contributed by atoms with Crippen LogP contribution < -0.4 is 9.47 Å². The number of hydrogen-bond acceptors (Lipinski definition) is 8. The quantitative estimate of drug-likeness (QED) is 0.251. The van der Waals surface area contributed by atoms with E-state index in [4.69, 9.17) is 25.3 Å². The average Bonchev–Trinajstić information content (AvgIpc) is 2.72. The van der Waals surface area contributed by atoms with Crippen LogP contribution in [0.25, 0.3) is 9.81 Å². The van der Waals surface area contributed by atoms with E-state index >= 15 is 0 Å². The Morgan fingerprint density at radius 3 is 1.88 bits per heavy atom. The van der Waals surface area contributed by atoms with Crippen LogP contribution in [-0.4, -0.2) is 58.1 Å². The molecule has 0 amide bonds. The van der Waals surface area contributed by atoms with Crippen LogP contribution in [0.2, 0.25) is 0 Å². The van der Waals surface area contributed by atoms with E-state index in [1.807, 2.05) is 17.0 Å². The first kappa shape index (κ1) is 28.5. The zero-order valence-electron chi connectivity index (χ0n) is 16.5. The molecule has 2 aromatic rings. The SMILES string of the molecule is O=S(=O)([N-]S(=O)(=O)C(F)(F)F)c1ccc(-[n+]2ccc(N3CCN(C([S-])[S-])CC3)cc2)cc1.[Au]. The molecule has 1 saturated heterocycles. The number of nitrogens with zero attached hydrogens (tertiary/aromatic N) is 4. The Morgan fingerprint density at radius 2 is 1.42 bits per heavy atom. The number of sulfonamides is 2. The van der Waals surface area contributed by atoms with Crippen molar-refractivity contribution in [2.45, 2.75) is 15.1 Å². The van der Waals surface area contributed by atoms with E-state index < -0.39 is 30.5 Å². The van der Waals surface area contributed by atoms with Gasteiger partial charge >= 0.3 is 5.51 Å². The zero-order valence-corrected chi connectivity index (χ0v) is 21.9. The first-order valence-electron chi connectivity index (χ1n) is 9.03. The maximum absolute atomic E-state index is 12.4. The molecule has 33 heavy (non-hydrogen) atoms. The molecule has 16 heteroatoms. The van der Waals surface area contributed by atoms with Crippen LogP contribution in [0.1, 0.15) is 0 Å². The fraction of sp³-hybridized carbons (Fsp3) is 0.353. The van der Waals surface area contributed by atoms with E-state index in [-0.39, 0.29) is 27.1 Å². The third-order valence-electron chi connectivity index (χ3n) is 4.71. The van der Waals surface area contributed by atoms with E-state index in [9.17, 15) is 30.0 Å². The Hall–Kier alpha value is -0.780. The molecule has 2 heterocycles. The van der Waals surface area contributed by atoms with Gasteiger partial charge in [-0.25, -0.2) is 21.5 Å². The third-order valence-corrected chi connectivity index (χ3v) is 8.33. The smallest absolute Gasteiger partial charge is 0.480 e. The Morgan fingerprint density at radius 1 is 0.909 bits per heavy atom. The van der Waals surface area contributed by atoms with Gasteiger partial charge in [-0.3, -0.25) is 0 Å². The molecule has 1 aromatic carbocycles. The van der Waals surface area contributed by atoms with Gasteiger partial charge in [0, 0.05) is 83.4 Å². The standard InChI is InChI=1S/C17H19F3N4O4S4.Au/c18-17(19,20)32(27,28)21-31(25,26)15-3-1-13(2-4-15)22-7-5-14(6-8-22)23-9-11-24(12-10-23)16(29)30;/h1-8,16,29-30H,9-12H2;/p-2. The van der Waals surface area contributed by atoms with E-state index in [2.05, 4.69) is 9.03 Å². The summed E-state index contributed by atoms with van der Waals surface area (Å²) >= 11 is 10.2. The first-order chi connectivity index (χ1) is 14.8. The molecule has 1 fully saturated rings. The predicted molar refractivity (Wildman–Crippen MR) is 116 cm³/mol. The molecule has 1 aromatic heterocycles. The molecular weight excluding hydrogens is 706 g/mol. The second-order valence-electron chi connectivity index (χ2n) is 6.76. The number of piperazine rings is 1. The van der Waals surface area contributed by atoms with Crippen molar-refractivity contribution in [1.29, 1.82) is 0 Å². The van der Waals surface area contributed by atoms with Crippen molar-refractivity contribution in [3.63, 3.8) is 0 Å². The average molecular weight is 724 g/mol. The summed E-state index contributed by atoms with van der Waals surface area (Å²) in [5.74, 6) is 0. The summed E-state index contributed by atoms with van der Waals surface area (Å²) in [6.07, 6.45) is 3.49. The van der Waals surface area contributed by atoms with Crippen LogP contribution in [0.5, 0.6) is 0 Å². The van der Waals surface area contributed by atoms with Crippen LogP contribution in [0, 0.1) is 0 Å². The number of anilines is 1. The summed E-state index contributed by atoms with van der Waals surface area (Å²) in [5.41, 5.74) is -4.32. The largest absolute Gasteiger partial charge is 0.800 e. The number of benzene rings is 1. The summed E-state index contributed by atoms with van der Waals surface area (Å²) in [6.45, 7) is 3.06. The second-order valence-corrected chi connectivity index (χ2v) is 11.4. The Bertz CT molecular complexity index is 1150. The Balaban J connectivity index is 0.00000385. The van der Waals surface area contributed by atoms with Crippen molar-refractivity contribution in [2.24, 2.45) is 0 Å². The third kappa shape index (κ3) is 6.89. The van der Waals surface area contributed by atoms with E-state index in [0.29, 0.717) is 5.69 Å². The van der Waals surface area contributed by atoms with Gasteiger partial charge in [0.2, 0.25) is 5.69 Å². The minimum absolute atomic E-state index is 0. The van der Waals surface area contributed by atoms with Crippen LogP contribution in [0.4, 0.5) is 18.9 Å². The van der Waals surface area contributed by atoms with Gasteiger partial charge in [-0.05, 0) is 12.1 Å². The molecule has 0 bridgehead atoms. The summed E-state index contributed by atoms with van der Waals surface area (Å²) in [5, 5.41) is 0. The number of hydrogen-bond donors (Lipinski definition) is 0. The summed E-state index contributed by atoms with van der Waals surface area (Å²) in [7, 11) is -11.2. The van der Waals surface area contributed by atoms with Crippen LogP contribution >= 0.6 is 0 Å². The number of pyridine rings is 1. The topological polar surface area (TPSA) is 92.7 Å². The Kier molecular flexibility index (Phi) is 9.37. The molecule has 0 saturated carbocycles. The fourth-order valence-corrected chi connectivity index (χ4v) is 5.61. The maximum Gasteiger partial charge on any atom is 0.480 e. The molecule has 0 spiro atoms. The van der Waals surface area contributed by atoms with Gasteiger partial charge < -0.3 is 39.2 Å². The fourth-order valence-electron chi connectivity index (χ4n) is 3.00. The number of alkyl halides is 3. The molecule has 0 N–H and O–H groups in total. The number of halogens is 3. The molecule has 0 aliphatic carbocycles. The van der Waals surface area contributed by atoms with Gasteiger partial charge in [-0.15, -0.1) is 0 Å². The molecule has 187 valence electrons. The molecule has 0 unspecified atom stereocenters. The minimum Gasteiger partial charge on any atom is -0.800 e. The van der Waals surface area contributed by atoms with Gasteiger partial charge in [-0.2, -0.15) is 17.7 Å². The summed E-state index contributed by atoms with van der Waals surface area (Å²) in [4.78, 5) is 3.53. The van der Waals surface area contributed by atoms with Gasteiger partial charge in [0.25, 0.3) is 0 Å². The van der Waals surface area contributed by atoms with Gasteiger partial charge in [0.1, 0.15) is 10.0 Å². The first-order valence-corrected chi connectivity index (χ1v) is 12.9. The molecule has 1 radical (unpaired) electrons. The van der Waals surface area contributed by atoms with Gasteiger partial charge in [0.05, 0.1) is 0 Å². The number of rotatable bonds is 6. The van der Waals surface area contributed by atoms with Gasteiger partial charge in [-0.1, -0.05) is 0 Å². The molecular formula is C17H17AuF3N4O4S4-2. The van der Waals surface area contributed by atoms with Crippen LogP contribution in [0.3, 0.4) is 0 Å². The minimum atomic E-state index is -6.18. The van der Waals surface area contributed by atoms with E-state index in [1.54, 1.807) is 17.0 Å². The van der Waals surface area contributed by atoms with Crippen molar-refractivity contribution < 1.29 is 57.0 Å². The molecule has 1 aliphatic rings. The number of aromatic nitrogens is 1. The van der Waals surface area contributed by atoms with Gasteiger partial charge in [0.15, 0.2) is 22.4 Å². The molecule has 0 atom stereocenters. The molecule has 3 rings (SSSR count). The zero-order chi connectivity index (χ0) is 23.7. The van der Waals surface area contributed by atoms with Crippen molar-refractivity contribution in [3.05, 3.63) is 52.9 Å². The van der Waals surface area contributed by atoms with Crippen LogP contribution in [0.15, 0.2) is 53.7 Å². The maximum atomic E-state index is 12.4. The van der Waals surface area contributed by atoms with Crippen molar-refractivity contribution >= 4 is 51.0 Å². The summed E-state index contributed by atoms with van der Waals surface area (Å²) < 4.78 is 86.7. The monoisotopic (exact) mass is 723 g/mol. The van der Waals surface area contributed by atoms with Crippen molar-refractivity contribution in [2.75, 3.05) is 31.1 Å². The molecule has 1 aliphatic heterocycles. The normalized spacial score (nSPS) is 16.0. The summed E-state index contributed by atoms with van der Waals surface area (Å²) in [6, 6.07) is 8.36. The van der Waals surface area contributed by atoms with E-state index in [0.717, 1.165) is 44.0 Å². The van der Waals surface area contributed by atoms with Crippen LogP contribution in [-0.2, 0) is 67.7 Å². The van der Waals surface area contributed by atoms with Crippen molar-refractivity contribution in [3.8, 4) is 5.69 Å². The Labute approximate surface area is 216 Å². The second kappa shape index (κ2) is 10.9.